The summed E-state index contributed by atoms with van der Waals surface area (Å²) in [5, 5.41) is 5.03. The summed E-state index contributed by atoms with van der Waals surface area (Å²) in [6, 6.07) is 10.4. The molecule has 5 nitrogen and oxygen atoms in total. The van der Waals surface area contributed by atoms with E-state index >= 15 is 0 Å². The minimum absolute atomic E-state index is 0.0517. The highest BCUT2D eigenvalue weighted by molar-refractivity contribution is 6.39. The Morgan fingerprint density at radius 2 is 1.87 bits per heavy atom. The van der Waals surface area contributed by atoms with Crippen molar-refractivity contribution in [2.45, 2.75) is 19.9 Å². The van der Waals surface area contributed by atoms with E-state index in [-0.39, 0.29) is 17.6 Å². The molecule has 0 fully saturated rings. The Labute approximate surface area is 133 Å². The topological polar surface area (TPSA) is 71.1 Å². The number of carbonyl (C=O) groups is 2. The average Bonchev–Trinajstić information content (AvgIpc) is 2.52. The molecule has 2 N–H and O–H groups in total. The van der Waals surface area contributed by atoms with Crippen LogP contribution in [0.3, 0.4) is 0 Å². The zero-order valence-electron chi connectivity index (χ0n) is 12.9. The SMILES string of the molecule is CC(C)[C@@H](NC(=O)C(=O)Nc1cccc(F)c1)c1ccccn1. The van der Waals surface area contributed by atoms with E-state index in [4.69, 9.17) is 0 Å². The summed E-state index contributed by atoms with van der Waals surface area (Å²) in [5.41, 5.74) is 0.901. The molecule has 0 aliphatic heterocycles. The first-order valence-electron chi connectivity index (χ1n) is 7.25. The van der Waals surface area contributed by atoms with Gasteiger partial charge >= 0.3 is 11.8 Å². The number of aromatic nitrogens is 1. The van der Waals surface area contributed by atoms with Gasteiger partial charge in [-0.25, -0.2) is 4.39 Å². The van der Waals surface area contributed by atoms with Crippen molar-refractivity contribution in [3.05, 3.63) is 60.2 Å². The Hall–Kier alpha value is -2.76. The molecule has 1 aromatic heterocycles. The van der Waals surface area contributed by atoms with E-state index in [2.05, 4.69) is 15.6 Å². The number of hydrogen-bond donors (Lipinski definition) is 2. The van der Waals surface area contributed by atoms with Gasteiger partial charge in [0.1, 0.15) is 5.82 Å². The molecule has 120 valence electrons. The molecule has 1 atom stereocenters. The predicted octanol–water partition coefficient (Wildman–Crippen LogP) is 2.67. The monoisotopic (exact) mass is 315 g/mol. The van der Waals surface area contributed by atoms with E-state index in [1.165, 1.54) is 18.2 Å². The van der Waals surface area contributed by atoms with Crippen LogP contribution in [0.15, 0.2) is 48.7 Å². The minimum atomic E-state index is -0.850. The van der Waals surface area contributed by atoms with Gasteiger partial charge in [0, 0.05) is 11.9 Å². The number of amides is 2. The fourth-order valence-corrected chi connectivity index (χ4v) is 2.10. The van der Waals surface area contributed by atoms with Crippen LogP contribution in [0, 0.1) is 11.7 Å². The van der Waals surface area contributed by atoms with Gasteiger partial charge in [0.2, 0.25) is 0 Å². The number of halogens is 1. The van der Waals surface area contributed by atoms with E-state index < -0.39 is 17.6 Å². The van der Waals surface area contributed by atoms with E-state index in [0.717, 1.165) is 6.07 Å². The quantitative estimate of drug-likeness (QED) is 0.852. The summed E-state index contributed by atoms with van der Waals surface area (Å²) < 4.78 is 13.1. The molecule has 23 heavy (non-hydrogen) atoms. The molecule has 0 saturated carbocycles. The summed E-state index contributed by atoms with van der Waals surface area (Å²) in [4.78, 5) is 28.2. The largest absolute Gasteiger partial charge is 0.339 e. The Balaban J connectivity index is 2.05. The van der Waals surface area contributed by atoms with Crippen molar-refractivity contribution in [1.29, 1.82) is 0 Å². The van der Waals surface area contributed by atoms with Crippen LogP contribution in [0.2, 0.25) is 0 Å². The Kier molecular flexibility index (Phi) is 5.41. The van der Waals surface area contributed by atoms with Crippen molar-refractivity contribution in [2.24, 2.45) is 5.92 Å². The third kappa shape index (κ3) is 4.60. The lowest BCUT2D eigenvalue weighted by Gasteiger charge is -2.21. The van der Waals surface area contributed by atoms with E-state index in [0.29, 0.717) is 5.69 Å². The number of nitrogens with zero attached hydrogens (tertiary/aromatic N) is 1. The lowest BCUT2D eigenvalue weighted by molar-refractivity contribution is -0.136. The summed E-state index contributed by atoms with van der Waals surface area (Å²) in [6.45, 7) is 3.84. The summed E-state index contributed by atoms with van der Waals surface area (Å²) in [6.07, 6.45) is 1.63. The van der Waals surface area contributed by atoms with Crippen LogP contribution in [0.1, 0.15) is 25.6 Å². The highest BCUT2D eigenvalue weighted by Crippen LogP contribution is 2.19. The maximum atomic E-state index is 13.1. The Morgan fingerprint density at radius 1 is 1.09 bits per heavy atom. The molecule has 1 aromatic carbocycles. The minimum Gasteiger partial charge on any atom is -0.339 e. The van der Waals surface area contributed by atoms with Crippen LogP contribution < -0.4 is 10.6 Å². The standard InChI is InChI=1S/C17H18FN3O2/c1-11(2)15(14-8-3-4-9-19-14)21-17(23)16(22)20-13-7-5-6-12(18)10-13/h3-11,15H,1-2H3,(H,20,22)(H,21,23)/t15-/m1/s1. The van der Waals surface area contributed by atoms with Gasteiger partial charge in [-0.05, 0) is 36.2 Å². The number of carbonyl (C=O) groups excluding carboxylic acids is 2. The van der Waals surface area contributed by atoms with Crippen molar-refractivity contribution < 1.29 is 14.0 Å². The fraction of sp³-hybridized carbons (Fsp3) is 0.235. The van der Waals surface area contributed by atoms with Gasteiger partial charge in [-0.1, -0.05) is 26.0 Å². The van der Waals surface area contributed by atoms with Crippen LogP contribution in [-0.4, -0.2) is 16.8 Å². The first kappa shape index (κ1) is 16.6. The van der Waals surface area contributed by atoms with E-state index in [9.17, 15) is 14.0 Å². The molecule has 0 bridgehead atoms. The molecule has 0 unspecified atom stereocenters. The van der Waals surface area contributed by atoms with Crippen LogP contribution in [-0.2, 0) is 9.59 Å². The third-order valence-electron chi connectivity index (χ3n) is 3.25. The van der Waals surface area contributed by atoms with Gasteiger partial charge in [0.05, 0.1) is 11.7 Å². The normalized spacial score (nSPS) is 11.8. The first-order valence-corrected chi connectivity index (χ1v) is 7.25. The van der Waals surface area contributed by atoms with Gasteiger partial charge < -0.3 is 10.6 Å². The van der Waals surface area contributed by atoms with Gasteiger partial charge in [-0.3, -0.25) is 14.6 Å². The zero-order chi connectivity index (χ0) is 16.8. The van der Waals surface area contributed by atoms with Gasteiger partial charge in [-0.15, -0.1) is 0 Å². The highest BCUT2D eigenvalue weighted by Gasteiger charge is 2.23. The number of hydrogen-bond acceptors (Lipinski definition) is 3. The number of nitrogens with one attached hydrogen (secondary N) is 2. The maximum Gasteiger partial charge on any atom is 0.313 e. The molecule has 2 rings (SSSR count). The number of rotatable bonds is 4. The first-order chi connectivity index (χ1) is 11.0. The summed E-state index contributed by atoms with van der Waals surface area (Å²) >= 11 is 0. The molecule has 0 radical (unpaired) electrons. The number of benzene rings is 1. The van der Waals surface area contributed by atoms with Crippen molar-refractivity contribution >= 4 is 17.5 Å². The fourth-order valence-electron chi connectivity index (χ4n) is 2.10. The molecule has 0 saturated heterocycles. The molecule has 2 aromatic rings. The van der Waals surface area contributed by atoms with Crippen molar-refractivity contribution in [3.8, 4) is 0 Å². The number of anilines is 1. The van der Waals surface area contributed by atoms with Crippen molar-refractivity contribution in [2.75, 3.05) is 5.32 Å². The highest BCUT2D eigenvalue weighted by atomic mass is 19.1. The maximum absolute atomic E-state index is 13.1. The smallest absolute Gasteiger partial charge is 0.313 e. The average molecular weight is 315 g/mol. The van der Waals surface area contributed by atoms with Crippen LogP contribution in [0.5, 0.6) is 0 Å². The second-order valence-electron chi connectivity index (χ2n) is 5.41. The lowest BCUT2D eigenvalue weighted by atomic mass is 10.0. The van der Waals surface area contributed by atoms with Crippen molar-refractivity contribution in [3.63, 3.8) is 0 Å². The molecule has 0 aliphatic rings. The van der Waals surface area contributed by atoms with Gasteiger partial charge in [0.15, 0.2) is 0 Å². The van der Waals surface area contributed by atoms with Crippen LogP contribution in [0.4, 0.5) is 10.1 Å². The molecule has 6 heteroatoms. The lowest BCUT2D eigenvalue weighted by Crippen LogP contribution is -2.39. The summed E-state index contributed by atoms with van der Waals surface area (Å²) in [5.74, 6) is -2.08. The molecule has 0 aliphatic carbocycles. The molecule has 2 amide bonds. The van der Waals surface area contributed by atoms with E-state index in [1.807, 2.05) is 19.9 Å². The predicted molar refractivity (Wildman–Crippen MR) is 85.0 cm³/mol. The second kappa shape index (κ2) is 7.49. The molecule has 0 spiro atoms. The third-order valence-corrected chi connectivity index (χ3v) is 3.25. The van der Waals surface area contributed by atoms with Gasteiger partial charge in [-0.2, -0.15) is 0 Å². The van der Waals surface area contributed by atoms with Gasteiger partial charge in [0.25, 0.3) is 0 Å². The molecule has 1 heterocycles. The second-order valence-corrected chi connectivity index (χ2v) is 5.41. The summed E-state index contributed by atoms with van der Waals surface area (Å²) in [7, 11) is 0. The van der Waals surface area contributed by atoms with Crippen LogP contribution in [0.25, 0.3) is 0 Å². The number of pyridine rings is 1. The Morgan fingerprint density at radius 3 is 2.48 bits per heavy atom. The molecular formula is C17H18FN3O2. The molecular weight excluding hydrogens is 297 g/mol. The van der Waals surface area contributed by atoms with Crippen molar-refractivity contribution in [1.82, 2.24) is 10.3 Å². The van der Waals surface area contributed by atoms with E-state index in [1.54, 1.807) is 18.3 Å². The van der Waals surface area contributed by atoms with Crippen LogP contribution >= 0.6 is 0 Å². The zero-order valence-corrected chi connectivity index (χ0v) is 12.9. The Bertz CT molecular complexity index is 689.